The highest BCUT2D eigenvalue weighted by Crippen LogP contribution is 2.35. The molecule has 2 aliphatic rings. The first-order valence-electron chi connectivity index (χ1n) is 6.58. The van der Waals surface area contributed by atoms with E-state index in [1.807, 2.05) is 0 Å². The van der Waals surface area contributed by atoms with Gasteiger partial charge in [-0.05, 0) is 45.1 Å². The molecule has 0 amide bonds. The Hall–Kier alpha value is -0.570. The van der Waals surface area contributed by atoms with Crippen LogP contribution in [0.1, 0.15) is 46.0 Å². The molecule has 4 atom stereocenters. The van der Waals surface area contributed by atoms with Crippen molar-refractivity contribution in [1.29, 1.82) is 0 Å². The van der Waals surface area contributed by atoms with Gasteiger partial charge in [0.25, 0.3) is 0 Å². The van der Waals surface area contributed by atoms with E-state index in [-0.39, 0.29) is 5.92 Å². The Morgan fingerprint density at radius 1 is 1.25 bits per heavy atom. The highest BCUT2D eigenvalue weighted by Gasteiger charge is 2.39. The van der Waals surface area contributed by atoms with Gasteiger partial charge in [0.15, 0.2) is 0 Å². The SMILES string of the molecule is CC1CCN(C2CCCC2C(=O)O)C(C)C1. The van der Waals surface area contributed by atoms with Crippen LogP contribution in [0, 0.1) is 11.8 Å². The van der Waals surface area contributed by atoms with Crippen molar-refractivity contribution in [3.63, 3.8) is 0 Å². The molecule has 1 heterocycles. The molecule has 0 spiro atoms. The molecule has 1 aliphatic carbocycles. The van der Waals surface area contributed by atoms with Gasteiger partial charge in [-0.25, -0.2) is 0 Å². The zero-order chi connectivity index (χ0) is 11.7. The number of hydrogen-bond donors (Lipinski definition) is 1. The van der Waals surface area contributed by atoms with Crippen molar-refractivity contribution in [2.24, 2.45) is 11.8 Å². The van der Waals surface area contributed by atoms with Crippen molar-refractivity contribution in [2.75, 3.05) is 6.54 Å². The maximum absolute atomic E-state index is 11.2. The number of hydrogen-bond acceptors (Lipinski definition) is 2. The van der Waals surface area contributed by atoms with Crippen molar-refractivity contribution in [1.82, 2.24) is 4.90 Å². The lowest BCUT2D eigenvalue weighted by molar-refractivity contribution is -0.144. The van der Waals surface area contributed by atoms with Crippen molar-refractivity contribution in [3.05, 3.63) is 0 Å². The average molecular weight is 225 g/mol. The maximum atomic E-state index is 11.2. The van der Waals surface area contributed by atoms with Gasteiger partial charge >= 0.3 is 5.97 Å². The molecule has 4 unspecified atom stereocenters. The van der Waals surface area contributed by atoms with E-state index in [1.165, 1.54) is 12.8 Å². The summed E-state index contributed by atoms with van der Waals surface area (Å²) in [4.78, 5) is 13.7. The molecule has 2 rings (SSSR count). The Balaban J connectivity index is 2.03. The lowest BCUT2D eigenvalue weighted by Gasteiger charge is -2.41. The molecule has 0 radical (unpaired) electrons. The van der Waals surface area contributed by atoms with E-state index in [4.69, 9.17) is 0 Å². The summed E-state index contributed by atoms with van der Waals surface area (Å²) in [6.07, 6.45) is 5.49. The monoisotopic (exact) mass is 225 g/mol. The Kier molecular flexibility index (Phi) is 3.53. The molecule has 1 saturated carbocycles. The fourth-order valence-electron chi connectivity index (χ4n) is 3.54. The molecule has 16 heavy (non-hydrogen) atoms. The highest BCUT2D eigenvalue weighted by atomic mass is 16.4. The van der Waals surface area contributed by atoms with E-state index in [0.29, 0.717) is 12.1 Å². The lowest BCUT2D eigenvalue weighted by atomic mass is 9.90. The molecule has 1 N–H and O–H groups in total. The quantitative estimate of drug-likeness (QED) is 0.784. The highest BCUT2D eigenvalue weighted by molar-refractivity contribution is 5.71. The third kappa shape index (κ3) is 2.24. The Bertz CT molecular complexity index is 267. The number of piperidine rings is 1. The number of carboxylic acid groups (broad SMARTS) is 1. The van der Waals surface area contributed by atoms with Crippen molar-refractivity contribution in [3.8, 4) is 0 Å². The summed E-state index contributed by atoms with van der Waals surface area (Å²) in [6.45, 7) is 5.65. The predicted molar refractivity (Wildman–Crippen MR) is 63.3 cm³/mol. The topological polar surface area (TPSA) is 40.5 Å². The van der Waals surface area contributed by atoms with Crippen LogP contribution < -0.4 is 0 Å². The van der Waals surface area contributed by atoms with Crippen LogP contribution in [-0.2, 0) is 4.79 Å². The van der Waals surface area contributed by atoms with Gasteiger partial charge in [0, 0.05) is 12.1 Å². The smallest absolute Gasteiger partial charge is 0.308 e. The van der Waals surface area contributed by atoms with Crippen LogP contribution in [0.5, 0.6) is 0 Å². The summed E-state index contributed by atoms with van der Waals surface area (Å²) in [5.74, 6) is 0.0973. The van der Waals surface area contributed by atoms with Crippen LogP contribution in [-0.4, -0.2) is 34.6 Å². The minimum absolute atomic E-state index is 0.115. The summed E-state index contributed by atoms with van der Waals surface area (Å²) in [6, 6.07) is 0.869. The van der Waals surface area contributed by atoms with E-state index < -0.39 is 5.97 Å². The first-order chi connectivity index (χ1) is 7.59. The summed E-state index contributed by atoms with van der Waals surface area (Å²) in [5.41, 5.74) is 0. The van der Waals surface area contributed by atoms with Gasteiger partial charge in [-0.3, -0.25) is 9.69 Å². The van der Waals surface area contributed by atoms with Gasteiger partial charge < -0.3 is 5.11 Å². The first kappa shape index (κ1) is 11.9. The normalized spacial score (nSPS) is 41.1. The predicted octanol–water partition coefficient (Wildman–Crippen LogP) is 2.36. The van der Waals surface area contributed by atoms with Gasteiger partial charge in [-0.2, -0.15) is 0 Å². The zero-order valence-electron chi connectivity index (χ0n) is 10.4. The second-order valence-corrected chi connectivity index (χ2v) is 5.66. The fraction of sp³-hybridized carbons (Fsp3) is 0.923. The van der Waals surface area contributed by atoms with Crippen LogP contribution in [0.3, 0.4) is 0 Å². The van der Waals surface area contributed by atoms with Crippen LogP contribution in [0.25, 0.3) is 0 Å². The summed E-state index contributed by atoms with van der Waals surface area (Å²) < 4.78 is 0. The third-order valence-corrected chi connectivity index (χ3v) is 4.41. The summed E-state index contributed by atoms with van der Waals surface area (Å²) in [5, 5.41) is 9.23. The number of aliphatic carboxylic acids is 1. The minimum atomic E-state index is -0.590. The molecule has 0 aromatic heterocycles. The number of rotatable bonds is 2. The molecule has 1 saturated heterocycles. The molecular formula is C13H23NO2. The van der Waals surface area contributed by atoms with Gasteiger partial charge in [0.05, 0.1) is 5.92 Å². The Morgan fingerprint density at radius 3 is 2.62 bits per heavy atom. The number of likely N-dealkylation sites (tertiary alicyclic amines) is 1. The molecule has 2 fully saturated rings. The van der Waals surface area contributed by atoms with Gasteiger partial charge in [0.2, 0.25) is 0 Å². The van der Waals surface area contributed by atoms with Crippen LogP contribution in [0.15, 0.2) is 0 Å². The number of carbonyl (C=O) groups is 1. The Morgan fingerprint density at radius 2 is 2.00 bits per heavy atom. The minimum Gasteiger partial charge on any atom is -0.481 e. The standard InChI is InChI=1S/C13H23NO2/c1-9-6-7-14(10(2)8-9)12-5-3-4-11(12)13(15)16/h9-12H,3-8H2,1-2H3,(H,15,16). The second-order valence-electron chi connectivity index (χ2n) is 5.66. The fourth-order valence-corrected chi connectivity index (χ4v) is 3.54. The van der Waals surface area contributed by atoms with Crippen LogP contribution in [0.2, 0.25) is 0 Å². The maximum Gasteiger partial charge on any atom is 0.308 e. The van der Waals surface area contributed by atoms with E-state index in [1.54, 1.807) is 0 Å². The molecule has 1 aliphatic heterocycles. The van der Waals surface area contributed by atoms with Crippen molar-refractivity contribution < 1.29 is 9.90 Å². The molecular weight excluding hydrogens is 202 g/mol. The van der Waals surface area contributed by atoms with E-state index in [0.717, 1.165) is 31.7 Å². The average Bonchev–Trinajstić information content (AvgIpc) is 2.66. The lowest BCUT2D eigenvalue weighted by Crippen LogP contribution is -2.49. The third-order valence-electron chi connectivity index (χ3n) is 4.41. The van der Waals surface area contributed by atoms with Crippen LogP contribution in [0.4, 0.5) is 0 Å². The first-order valence-corrected chi connectivity index (χ1v) is 6.58. The van der Waals surface area contributed by atoms with Crippen molar-refractivity contribution in [2.45, 2.75) is 58.0 Å². The van der Waals surface area contributed by atoms with Gasteiger partial charge in [-0.1, -0.05) is 13.3 Å². The molecule has 3 nitrogen and oxygen atoms in total. The van der Waals surface area contributed by atoms with E-state index >= 15 is 0 Å². The second kappa shape index (κ2) is 4.74. The number of nitrogens with zero attached hydrogens (tertiary/aromatic N) is 1. The summed E-state index contributed by atoms with van der Waals surface area (Å²) in [7, 11) is 0. The Labute approximate surface area is 97.8 Å². The number of carboxylic acids is 1. The molecule has 0 bridgehead atoms. The molecule has 3 heteroatoms. The van der Waals surface area contributed by atoms with Gasteiger partial charge in [0.1, 0.15) is 0 Å². The van der Waals surface area contributed by atoms with Gasteiger partial charge in [-0.15, -0.1) is 0 Å². The van der Waals surface area contributed by atoms with E-state index in [2.05, 4.69) is 18.7 Å². The molecule has 0 aromatic rings. The zero-order valence-corrected chi connectivity index (χ0v) is 10.4. The van der Waals surface area contributed by atoms with Crippen molar-refractivity contribution >= 4 is 5.97 Å². The largest absolute Gasteiger partial charge is 0.481 e. The molecule has 92 valence electrons. The molecule has 0 aromatic carbocycles. The van der Waals surface area contributed by atoms with Crippen LogP contribution >= 0.6 is 0 Å². The van der Waals surface area contributed by atoms with E-state index in [9.17, 15) is 9.90 Å². The summed E-state index contributed by atoms with van der Waals surface area (Å²) >= 11 is 0.